The Kier molecular flexibility index (Phi) is 5.05. The summed E-state index contributed by atoms with van der Waals surface area (Å²) in [5.74, 6) is -0.770. The molecule has 0 spiro atoms. The molecule has 2 amide bonds. The third kappa shape index (κ3) is 3.87. The van der Waals surface area contributed by atoms with Crippen molar-refractivity contribution >= 4 is 12.0 Å². The average molecular weight is 284 g/mol. The number of carbonyl (C=O) groups is 2. The highest BCUT2D eigenvalue weighted by molar-refractivity contribution is 5.79. The summed E-state index contributed by atoms with van der Waals surface area (Å²) in [4.78, 5) is 27.3. The Morgan fingerprint density at radius 1 is 1.35 bits per heavy atom. The van der Waals surface area contributed by atoms with Crippen molar-refractivity contribution in [2.24, 2.45) is 10.8 Å². The maximum absolute atomic E-state index is 12.4. The highest BCUT2D eigenvalue weighted by Gasteiger charge is 2.46. The van der Waals surface area contributed by atoms with E-state index in [2.05, 4.69) is 20.8 Å². The second-order valence-corrected chi connectivity index (χ2v) is 7.21. The molecule has 1 saturated heterocycles. The predicted octanol–water partition coefficient (Wildman–Crippen LogP) is 2.66. The molecule has 0 aliphatic carbocycles. The minimum Gasteiger partial charge on any atom is -0.481 e. The van der Waals surface area contributed by atoms with Gasteiger partial charge in [0.05, 0.1) is 5.41 Å². The van der Waals surface area contributed by atoms with Gasteiger partial charge < -0.3 is 14.9 Å². The Labute approximate surface area is 121 Å². The van der Waals surface area contributed by atoms with Gasteiger partial charge in [0.1, 0.15) is 0 Å². The van der Waals surface area contributed by atoms with E-state index in [0.717, 1.165) is 6.42 Å². The molecule has 0 aromatic rings. The lowest BCUT2D eigenvalue weighted by Crippen LogP contribution is -2.45. The van der Waals surface area contributed by atoms with Gasteiger partial charge in [-0.3, -0.25) is 4.79 Å². The van der Waals surface area contributed by atoms with Crippen molar-refractivity contribution in [3.8, 4) is 0 Å². The summed E-state index contributed by atoms with van der Waals surface area (Å²) < 4.78 is 0. The Morgan fingerprint density at radius 3 is 2.40 bits per heavy atom. The van der Waals surface area contributed by atoms with E-state index in [1.807, 2.05) is 6.92 Å². The van der Waals surface area contributed by atoms with Gasteiger partial charge in [0.25, 0.3) is 0 Å². The molecule has 1 fully saturated rings. The molecule has 116 valence electrons. The lowest BCUT2D eigenvalue weighted by molar-refractivity contribution is -0.148. The maximum Gasteiger partial charge on any atom is 0.319 e. The molecule has 1 N–H and O–H groups in total. The molecule has 0 aromatic carbocycles. The second kappa shape index (κ2) is 6.02. The fourth-order valence-corrected chi connectivity index (χ4v) is 3.02. The molecule has 1 unspecified atom stereocenters. The van der Waals surface area contributed by atoms with Crippen LogP contribution >= 0.6 is 0 Å². The second-order valence-electron chi connectivity index (χ2n) is 7.21. The van der Waals surface area contributed by atoms with Crippen LogP contribution in [-0.2, 0) is 4.79 Å². The van der Waals surface area contributed by atoms with Crippen LogP contribution in [0.1, 0.15) is 47.0 Å². The fraction of sp³-hybridized carbons (Fsp3) is 0.867. The van der Waals surface area contributed by atoms with Gasteiger partial charge in [-0.05, 0) is 18.3 Å². The van der Waals surface area contributed by atoms with E-state index in [4.69, 9.17) is 0 Å². The van der Waals surface area contributed by atoms with Gasteiger partial charge in [-0.1, -0.05) is 34.1 Å². The van der Waals surface area contributed by atoms with Gasteiger partial charge >= 0.3 is 12.0 Å². The van der Waals surface area contributed by atoms with E-state index in [9.17, 15) is 14.7 Å². The van der Waals surface area contributed by atoms with Crippen molar-refractivity contribution in [2.45, 2.75) is 47.0 Å². The number of urea groups is 1. The van der Waals surface area contributed by atoms with Crippen LogP contribution in [0.3, 0.4) is 0 Å². The number of likely N-dealkylation sites (tertiary alicyclic amines) is 1. The largest absolute Gasteiger partial charge is 0.481 e. The smallest absolute Gasteiger partial charge is 0.319 e. The van der Waals surface area contributed by atoms with E-state index < -0.39 is 11.4 Å². The zero-order valence-corrected chi connectivity index (χ0v) is 13.4. The number of aliphatic carboxylic acids is 1. The number of rotatable bonds is 4. The summed E-state index contributed by atoms with van der Waals surface area (Å²) in [5, 5.41) is 9.47. The van der Waals surface area contributed by atoms with Gasteiger partial charge in [-0.2, -0.15) is 0 Å². The van der Waals surface area contributed by atoms with Crippen molar-refractivity contribution in [1.29, 1.82) is 0 Å². The van der Waals surface area contributed by atoms with Crippen molar-refractivity contribution in [3.63, 3.8) is 0 Å². The van der Waals surface area contributed by atoms with E-state index in [1.54, 1.807) is 16.8 Å². The Bertz CT molecular complexity index is 376. The lowest BCUT2D eigenvalue weighted by Gasteiger charge is -2.31. The normalized spacial score (nSPS) is 22.9. The standard InChI is InChI=1S/C15H28N2O3/c1-6-7-15(12(18)19)8-9-17(11-15)13(20)16(5)10-14(2,3)4/h6-11H2,1-5H3,(H,18,19). The van der Waals surface area contributed by atoms with Gasteiger partial charge in [0.15, 0.2) is 0 Å². The van der Waals surface area contributed by atoms with Crippen LogP contribution < -0.4 is 0 Å². The highest BCUT2D eigenvalue weighted by atomic mass is 16.4. The number of carbonyl (C=O) groups excluding carboxylic acids is 1. The Hall–Kier alpha value is -1.26. The quantitative estimate of drug-likeness (QED) is 0.863. The van der Waals surface area contributed by atoms with Crippen molar-refractivity contribution in [1.82, 2.24) is 9.80 Å². The first-order valence-electron chi connectivity index (χ1n) is 7.35. The number of amides is 2. The van der Waals surface area contributed by atoms with Gasteiger partial charge in [0, 0.05) is 26.7 Å². The minimum atomic E-state index is -0.770. The van der Waals surface area contributed by atoms with Gasteiger partial charge in [-0.15, -0.1) is 0 Å². The topological polar surface area (TPSA) is 60.9 Å². The zero-order valence-electron chi connectivity index (χ0n) is 13.4. The third-order valence-electron chi connectivity index (χ3n) is 3.84. The van der Waals surface area contributed by atoms with Crippen LogP contribution in [-0.4, -0.2) is 53.6 Å². The van der Waals surface area contributed by atoms with Crippen LogP contribution in [0.4, 0.5) is 4.79 Å². The van der Waals surface area contributed by atoms with E-state index >= 15 is 0 Å². The van der Waals surface area contributed by atoms with Crippen LogP contribution in [0.15, 0.2) is 0 Å². The molecule has 1 rings (SSSR count). The number of nitrogens with zero attached hydrogens (tertiary/aromatic N) is 2. The molecular formula is C15H28N2O3. The molecule has 20 heavy (non-hydrogen) atoms. The zero-order chi connectivity index (χ0) is 15.6. The van der Waals surface area contributed by atoms with Gasteiger partial charge in [-0.25, -0.2) is 4.79 Å². The number of hydrogen-bond acceptors (Lipinski definition) is 2. The van der Waals surface area contributed by atoms with Crippen LogP contribution in [0.25, 0.3) is 0 Å². The average Bonchev–Trinajstić information content (AvgIpc) is 2.72. The third-order valence-corrected chi connectivity index (χ3v) is 3.84. The summed E-state index contributed by atoms with van der Waals surface area (Å²) in [6, 6.07) is -0.0563. The molecule has 1 aliphatic rings. The molecule has 0 saturated carbocycles. The molecule has 1 aliphatic heterocycles. The van der Waals surface area contributed by atoms with Crippen LogP contribution in [0, 0.1) is 10.8 Å². The number of carboxylic acid groups (broad SMARTS) is 1. The molecule has 0 aromatic heterocycles. The summed E-state index contributed by atoms with van der Waals surface area (Å²) in [6.45, 7) is 9.78. The molecular weight excluding hydrogens is 256 g/mol. The SMILES string of the molecule is CCCC1(C(=O)O)CCN(C(=O)N(C)CC(C)(C)C)C1. The van der Waals surface area contributed by atoms with E-state index in [0.29, 0.717) is 32.5 Å². The molecule has 5 heteroatoms. The summed E-state index contributed by atoms with van der Waals surface area (Å²) in [5.41, 5.74) is -0.704. The Morgan fingerprint density at radius 2 is 1.95 bits per heavy atom. The molecule has 1 atom stereocenters. The summed E-state index contributed by atoms with van der Waals surface area (Å²) in [6.07, 6.45) is 2.02. The van der Waals surface area contributed by atoms with Crippen molar-refractivity contribution in [2.75, 3.05) is 26.7 Å². The van der Waals surface area contributed by atoms with Crippen molar-refractivity contribution in [3.05, 3.63) is 0 Å². The number of carboxylic acids is 1. The minimum absolute atomic E-state index is 0.0391. The summed E-state index contributed by atoms with van der Waals surface area (Å²) in [7, 11) is 1.79. The first-order chi connectivity index (χ1) is 9.11. The van der Waals surface area contributed by atoms with Gasteiger partial charge in [0.2, 0.25) is 0 Å². The Balaban J connectivity index is 2.71. The monoisotopic (exact) mass is 284 g/mol. The first kappa shape index (κ1) is 16.8. The van der Waals surface area contributed by atoms with E-state index in [1.165, 1.54) is 0 Å². The van der Waals surface area contributed by atoms with Crippen molar-refractivity contribution < 1.29 is 14.7 Å². The summed E-state index contributed by atoms with van der Waals surface area (Å²) >= 11 is 0. The molecule has 0 bridgehead atoms. The maximum atomic E-state index is 12.4. The number of hydrogen-bond donors (Lipinski definition) is 1. The fourth-order valence-electron chi connectivity index (χ4n) is 3.02. The van der Waals surface area contributed by atoms with E-state index in [-0.39, 0.29) is 11.4 Å². The lowest BCUT2D eigenvalue weighted by atomic mass is 9.83. The predicted molar refractivity (Wildman–Crippen MR) is 78.6 cm³/mol. The highest BCUT2D eigenvalue weighted by Crippen LogP contribution is 2.36. The first-order valence-corrected chi connectivity index (χ1v) is 7.35. The molecule has 5 nitrogen and oxygen atoms in total. The molecule has 0 radical (unpaired) electrons. The van der Waals surface area contributed by atoms with Crippen LogP contribution in [0.5, 0.6) is 0 Å². The van der Waals surface area contributed by atoms with Crippen LogP contribution in [0.2, 0.25) is 0 Å². The molecule has 1 heterocycles.